The van der Waals surface area contributed by atoms with E-state index >= 15 is 0 Å². The molecular formula is C12H14N6O3. The van der Waals surface area contributed by atoms with Crippen LogP contribution in [-0.4, -0.2) is 34.4 Å². The molecule has 1 aromatic carbocycles. The number of rotatable bonds is 4. The molecule has 0 bridgehead atoms. The minimum atomic E-state index is -0.514. The molecule has 1 aromatic heterocycles. The van der Waals surface area contributed by atoms with Crippen LogP contribution in [0.1, 0.15) is 5.56 Å². The van der Waals surface area contributed by atoms with Gasteiger partial charge in [-0.2, -0.15) is 5.10 Å². The third-order valence-corrected chi connectivity index (χ3v) is 2.59. The molecule has 2 aromatic rings. The lowest BCUT2D eigenvalue weighted by molar-refractivity contribution is 0.262. The summed E-state index contributed by atoms with van der Waals surface area (Å²) in [7, 11) is 1.53. The second-order valence-corrected chi connectivity index (χ2v) is 3.95. The molecule has 0 saturated heterocycles. The quantitative estimate of drug-likeness (QED) is 0.249. The Hall–Kier alpha value is -3.23. The number of nitrogens with one attached hydrogen (secondary N) is 3. The third-order valence-electron chi connectivity index (χ3n) is 2.59. The number of carbonyl (C=O) groups excluding carboxylic acids is 1. The van der Waals surface area contributed by atoms with Crippen LogP contribution in [0, 0.1) is 0 Å². The van der Waals surface area contributed by atoms with E-state index in [4.69, 9.17) is 15.7 Å². The topological polar surface area (TPSA) is 138 Å². The number of amides is 2. The number of aromatic nitrogens is 2. The maximum Gasteiger partial charge on any atom is 0.324 e. The predicted molar refractivity (Wildman–Crippen MR) is 76.7 cm³/mol. The van der Waals surface area contributed by atoms with Crippen molar-refractivity contribution in [2.75, 3.05) is 17.7 Å². The van der Waals surface area contributed by atoms with Gasteiger partial charge in [0, 0.05) is 11.8 Å². The van der Waals surface area contributed by atoms with Gasteiger partial charge in [-0.05, 0) is 12.1 Å². The summed E-state index contributed by atoms with van der Waals surface area (Å²) in [4.78, 5) is 11.9. The van der Waals surface area contributed by atoms with E-state index < -0.39 is 6.03 Å². The second kappa shape index (κ2) is 6.28. The Bertz CT molecular complexity index is 667. The Balaban J connectivity index is 2.07. The Morgan fingerprint density at radius 2 is 2.29 bits per heavy atom. The number of aromatic amines is 1. The van der Waals surface area contributed by atoms with Gasteiger partial charge in [-0.25, -0.2) is 4.79 Å². The average molecular weight is 290 g/mol. The van der Waals surface area contributed by atoms with Crippen molar-refractivity contribution in [3.05, 3.63) is 36.0 Å². The molecular weight excluding hydrogens is 276 g/mol. The highest BCUT2D eigenvalue weighted by molar-refractivity contribution is 6.06. The number of carbonyl (C=O) groups is 1. The van der Waals surface area contributed by atoms with Crippen LogP contribution in [0.2, 0.25) is 0 Å². The predicted octanol–water partition coefficient (Wildman–Crippen LogP) is 1.16. The van der Waals surface area contributed by atoms with Gasteiger partial charge < -0.3 is 21.0 Å². The number of nitrogens with zero attached hydrogens (tertiary/aromatic N) is 2. The van der Waals surface area contributed by atoms with Gasteiger partial charge in [-0.15, -0.1) is 0 Å². The number of anilines is 2. The number of oxime groups is 1. The summed E-state index contributed by atoms with van der Waals surface area (Å²) in [5, 5.41) is 22.9. The summed E-state index contributed by atoms with van der Waals surface area (Å²) in [6.07, 6.45) is 1.33. The number of urea groups is 1. The number of H-pyrrole nitrogens is 1. The van der Waals surface area contributed by atoms with Crippen LogP contribution < -0.4 is 21.1 Å². The first-order valence-electron chi connectivity index (χ1n) is 5.87. The van der Waals surface area contributed by atoms with E-state index in [9.17, 15) is 4.79 Å². The number of benzene rings is 1. The van der Waals surface area contributed by atoms with Crippen molar-refractivity contribution in [1.82, 2.24) is 10.2 Å². The van der Waals surface area contributed by atoms with Gasteiger partial charge in [0.15, 0.2) is 5.84 Å². The molecule has 2 rings (SSSR count). The van der Waals surface area contributed by atoms with Gasteiger partial charge in [0.25, 0.3) is 0 Å². The minimum Gasteiger partial charge on any atom is -0.497 e. The van der Waals surface area contributed by atoms with E-state index in [0.29, 0.717) is 11.4 Å². The zero-order valence-electron chi connectivity index (χ0n) is 11.1. The van der Waals surface area contributed by atoms with Gasteiger partial charge in [-0.3, -0.25) is 10.4 Å². The van der Waals surface area contributed by atoms with E-state index in [0.717, 1.165) is 0 Å². The number of hydrogen-bond acceptors (Lipinski definition) is 5. The lowest BCUT2D eigenvalue weighted by Gasteiger charge is -2.08. The lowest BCUT2D eigenvalue weighted by atomic mass is 10.3. The molecule has 0 aliphatic rings. The molecule has 110 valence electrons. The van der Waals surface area contributed by atoms with Crippen molar-refractivity contribution >= 4 is 23.4 Å². The molecule has 0 atom stereocenters. The maximum atomic E-state index is 11.9. The van der Waals surface area contributed by atoms with Crippen LogP contribution in [0.5, 0.6) is 5.75 Å². The van der Waals surface area contributed by atoms with E-state index in [1.165, 1.54) is 13.3 Å². The normalized spacial score (nSPS) is 11.0. The van der Waals surface area contributed by atoms with Crippen LogP contribution in [0.15, 0.2) is 35.6 Å². The Morgan fingerprint density at radius 1 is 1.48 bits per heavy atom. The van der Waals surface area contributed by atoms with Crippen molar-refractivity contribution in [1.29, 1.82) is 0 Å². The molecule has 9 heteroatoms. The standard InChI is InChI=1S/C12H14N6O3/c1-21-8-4-2-3-7(5-8)15-12(19)16-11-9(6-14-17-11)10(13)18-20/h2-6,20H,1H3,(H2,13,18)(H3,14,15,16,17,19). The molecule has 0 spiro atoms. The molecule has 0 aliphatic heterocycles. The van der Waals surface area contributed by atoms with Crippen molar-refractivity contribution in [2.24, 2.45) is 10.9 Å². The van der Waals surface area contributed by atoms with Crippen LogP contribution in [-0.2, 0) is 0 Å². The largest absolute Gasteiger partial charge is 0.497 e. The summed E-state index contributed by atoms with van der Waals surface area (Å²) in [5.74, 6) is 0.665. The van der Waals surface area contributed by atoms with Crippen molar-refractivity contribution in [3.63, 3.8) is 0 Å². The summed E-state index contributed by atoms with van der Waals surface area (Å²) < 4.78 is 5.06. The highest BCUT2D eigenvalue weighted by atomic mass is 16.5. The maximum absolute atomic E-state index is 11.9. The number of nitrogens with two attached hydrogens (primary N) is 1. The van der Waals surface area contributed by atoms with Crippen LogP contribution in [0.4, 0.5) is 16.3 Å². The second-order valence-electron chi connectivity index (χ2n) is 3.95. The van der Waals surface area contributed by atoms with E-state index in [1.54, 1.807) is 24.3 Å². The third kappa shape index (κ3) is 3.41. The fourth-order valence-corrected chi connectivity index (χ4v) is 1.61. The zero-order valence-corrected chi connectivity index (χ0v) is 11.1. The molecule has 6 N–H and O–H groups in total. The van der Waals surface area contributed by atoms with Gasteiger partial charge >= 0.3 is 6.03 Å². The van der Waals surface area contributed by atoms with Gasteiger partial charge in [0.2, 0.25) is 0 Å². The van der Waals surface area contributed by atoms with Crippen molar-refractivity contribution in [2.45, 2.75) is 0 Å². The smallest absolute Gasteiger partial charge is 0.324 e. The first-order chi connectivity index (χ1) is 10.1. The summed E-state index contributed by atoms with van der Waals surface area (Å²) in [5.41, 5.74) is 6.29. The zero-order chi connectivity index (χ0) is 15.2. The van der Waals surface area contributed by atoms with Gasteiger partial charge in [0.05, 0.1) is 18.9 Å². The van der Waals surface area contributed by atoms with Gasteiger partial charge in [0.1, 0.15) is 11.6 Å². The summed E-state index contributed by atoms with van der Waals surface area (Å²) in [6.45, 7) is 0. The van der Waals surface area contributed by atoms with Crippen molar-refractivity contribution in [3.8, 4) is 5.75 Å². The minimum absolute atomic E-state index is 0.166. The summed E-state index contributed by atoms with van der Waals surface area (Å²) >= 11 is 0. The molecule has 9 nitrogen and oxygen atoms in total. The Kier molecular flexibility index (Phi) is 4.24. The molecule has 0 aliphatic carbocycles. The number of methoxy groups -OCH3 is 1. The summed E-state index contributed by atoms with van der Waals surface area (Å²) in [6, 6.07) is 6.36. The number of hydrogen-bond donors (Lipinski definition) is 5. The van der Waals surface area contributed by atoms with Gasteiger partial charge in [-0.1, -0.05) is 11.2 Å². The molecule has 2 amide bonds. The number of ether oxygens (including phenoxy) is 1. The SMILES string of the molecule is COc1cccc(NC(=O)Nc2[nH]ncc2C(N)=NO)c1. The molecule has 0 saturated carbocycles. The first kappa shape index (κ1) is 14.2. The molecule has 21 heavy (non-hydrogen) atoms. The van der Waals surface area contributed by atoms with Crippen molar-refractivity contribution < 1.29 is 14.7 Å². The lowest BCUT2D eigenvalue weighted by Crippen LogP contribution is -2.22. The van der Waals surface area contributed by atoms with Crippen LogP contribution >= 0.6 is 0 Å². The number of amidine groups is 1. The Morgan fingerprint density at radius 3 is 3.00 bits per heavy atom. The highest BCUT2D eigenvalue weighted by Gasteiger charge is 2.12. The Labute approximate surface area is 119 Å². The van der Waals surface area contributed by atoms with E-state index in [1.807, 2.05) is 0 Å². The molecule has 0 fully saturated rings. The van der Waals surface area contributed by atoms with E-state index in [2.05, 4.69) is 26.0 Å². The highest BCUT2D eigenvalue weighted by Crippen LogP contribution is 2.17. The fourth-order valence-electron chi connectivity index (χ4n) is 1.61. The van der Waals surface area contributed by atoms with Crippen LogP contribution in [0.3, 0.4) is 0 Å². The molecule has 0 unspecified atom stereocenters. The van der Waals surface area contributed by atoms with E-state index in [-0.39, 0.29) is 17.2 Å². The molecule has 1 heterocycles. The average Bonchev–Trinajstić information content (AvgIpc) is 2.94. The first-order valence-corrected chi connectivity index (χ1v) is 5.87. The fraction of sp³-hybridized carbons (Fsp3) is 0.0833. The monoisotopic (exact) mass is 290 g/mol. The van der Waals surface area contributed by atoms with Crippen LogP contribution in [0.25, 0.3) is 0 Å². The molecule has 0 radical (unpaired) electrons.